The monoisotopic (exact) mass is 429 g/mol. The predicted octanol–water partition coefficient (Wildman–Crippen LogP) is 2.39. The average molecular weight is 430 g/mol. The summed E-state index contributed by atoms with van der Waals surface area (Å²) in [6.07, 6.45) is 6.15. The minimum atomic E-state index is -3.59. The van der Waals surface area contributed by atoms with Gasteiger partial charge in [-0.25, -0.2) is 18.1 Å². The summed E-state index contributed by atoms with van der Waals surface area (Å²) in [7, 11) is -3.59. The van der Waals surface area contributed by atoms with Gasteiger partial charge in [0, 0.05) is 37.0 Å². The van der Waals surface area contributed by atoms with Crippen molar-refractivity contribution < 1.29 is 13.2 Å². The van der Waals surface area contributed by atoms with Gasteiger partial charge >= 0.3 is 0 Å². The van der Waals surface area contributed by atoms with Crippen LogP contribution >= 0.6 is 0 Å². The molecule has 2 heterocycles. The van der Waals surface area contributed by atoms with Crippen molar-refractivity contribution in [2.45, 2.75) is 55.3 Å². The molecule has 3 fully saturated rings. The van der Waals surface area contributed by atoms with Gasteiger partial charge in [0.25, 0.3) is 5.91 Å². The van der Waals surface area contributed by atoms with Crippen molar-refractivity contribution in [1.82, 2.24) is 24.8 Å². The van der Waals surface area contributed by atoms with Gasteiger partial charge in [0.1, 0.15) is 5.82 Å². The predicted molar refractivity (Wildman–Crippen MR) is 111 cm³/mol. The van der Waals surface area contributed by atoms with E-state index in [1.807, 2.05) is 0 Å². The number of nitrogens with zero attached hydrogens (tertiary/aromatic N) is 3. The smallest absolute Gasteiger partial charge is 0.253 e. The number of sulfonamides is 1. The van der Waals surface area contributed by atoms with Crippen molar-refractivity contribution in [1.29, 1.82) is 0 Å². The minimum Gasteiger partial charge on any atom is -0.339 e. The van der Waals surface area contributed by atoms with E-state index in [0.29, 0.717) is 37.0 Å². The molecule has 2 aromatic rings. The van der Waals surface area contributed by atoms with Crippen LogP contribution in [-0.4, -0.2) is 54.0 Å². The molecule has 1 aromatic carbocycles. The quantitative estimate of drug-likeness (QED) is 0.703. The normalized spacial score (nSPS) is 20.5. The van der Waals surface area contributed by atoms with E-state index >= 15 is 0 Å². The van der Waals surface area contributed by atoms with Crippen LogP contribution in [0.4, 0.5) is 0 Å². The highest BCUT2D eigenvalue weighted by molar-refractivity contribution is 7.89. The number of aromatic nitrogens is 3. The molecule has 1 amide bonds. The maximum absolute atomic E-state index is 13.0. The molecule has 2 saturated carbocycles. The molecule has 0 spiro atoms. The number of benzene rings is 1. The number of carbonyl (C=O) groups is 1. The molecule has 3 aliphatic rings. The summed E-state index contributed by atoms with van der Waals surface area (Å²) in [6, 6.07) is 6.36. The molecule has 1 aromatic heterocycles. The Morgan fingerprint density at radius 1 is 1.10 bits per heavy atom. The lowest BCUT2D eigenvalue weighted by Crippen LogP contribution is -2.38. The molecular weight excluding hydrogens is 402 g/mol. The van der Waals surface area contributed by atoms with Crippen LogP contribution in [0.15, 0.2) is 29.2 Å². The zero-order valence-corrected chi connectivity index (χ0v) is 17.7. The lowest BCUT2D eigenvalue weighted by atomic mass is 9.95. The van der Waals surface area contributed by atoms with Gasteiger partial charge in [-0.2, -0.15) is 5.10 Å². The highest BCUT2D eigenvalue weighted by Gasteiger charge is 2.31. The zero-order chi connectivity index (χ0) is 20.7. The molecule has 1 saturated heterocycles. The summed E-state index contributed by atoms with van der Waals surface area (Å²) < 4.78 is 27.7. The number of hydrogen-bond donors (Lipinski definition) is 2. The van der Waals surface area contributed by atoms with Crippen molar-refractivity contribution >= 4 is 15.9 Å². The second kappa shape index (κ2) is 7.77. The molecule has 2 aliphatic carbocycles. The molecule has 0 bridgehead atoms. The average Bonchev–Trinajstić information content (AvgIpc) is 3.71. The van der Waals surface area contributed by atoms with Gasteiger partial charge in [0.15, 0.2) is 5.82 Å². The van der Waals surface area contributed by atoms with Crippen LogP contribution in [0.25, 0.3) is 0 Å². The Kier molecular flexibility index (Phi) is 5.10. The van der Waals surface area contributed by atoms with Gasteiger partial charge in [0.2, 0.25) is 10.0 Å². The van der Waals surface area contributed by atoms with Crippen LogP contribution in [0, 0.1) is 5.92 Å². The van der Waals surface area contributed by atoms with Crippen molar-refractivity contribution in [2.75, 3.05) is 19.6 Å². The van der Waals surface area contributed by atoms with Crippen LogP contribution in [-0.2, 0) is 10.0 Å². The van der Waals surface area contributed by atoms with E-state index in [2.05, 4.69) is 19.9 Å². The molecule has 0 unspecified atom stereocenters. The molecule has 1 aliphatic heterocycles. The first-order valence-corrected chi connectivity index (χ1v) is 12.3. The van der Waals surface area contributed by atoms with Gasteiger partial charge in [-0.05, 0) is 62.6 Å². The fourth-order valence-electron chi connectivity index (χ4n) is 3.96. The first kappa shape index (κ1) is 19.7. The maximum atomic E-state index is 13.0. The number of likely N-dealkylation sites (tertiary alicyclic amines) is 1. The summed E-state index contributed by atoms with van der Waals surface area (Å²) in [5.41, 5.74) is 0.415. The van der Waals surface area contributed by atoms with E-state index in [1.54, 1.807) is 23.1 Å². The standard InChI is InChI=1S/C21H27N5O3S/c27-21(17-2-1-3-18(12-17)30(28,29)22-13-14-4-5-14)26-10-8-16(9-11-26)20-23-19(24-25-20)15-6-7-15/h1-3,12,14-16,22H,4-11,13H2,(H,23,24,25). The lowest BCUT2D eigenvalue weighted by Gasteiger charge is -2.31. The highest BCUT2D eigenvalue weighted by atomic mass is 32.2. The van der Waals surface area contributed by atoms with Crippen LogP contribution in [0.1, 0.15) is 72.4 Å². The van der Waals surface area contributed by atoms with Crippen LogP contribution in [0.5, 0.6) is 0 Å². The Labute approximate surface area is 176 Å². The van der Waals surface area contributed by atoms with Crippen LogP contribution < -0.4 is 4.72 Å². The van der Waals surface area contributed by atoms with E-state index < -0.39 is 10.0 Å². The summed E-state index contributed by atoms with van der Waals surface area (Å²) in [4.78, 5) is 19.6. The van der Waals surface area contributed by atoms with Gasteiger partial charge in [0.05, 0.1) is 4.90 Å². The summed E-state index contributed by atoms with van der Waals surface area (Å²) in [6.45, 7) is 1.72. The Hall–Kier alpha value is -2.26. The first-order chi connectivity index (χ1) is 14.5. The maximum Gasteiger partial charge on any atom is 0.253 e. The molecule has 160 valence electrons. The molecule has 9 heteroatoms. The number of nitrogens with one attached hydrogen (secondary N) is 2. The third kappa shape index (κ3) is 4.27. The molecule has 8 nitrogen and oxygen atoms in total. The van der Waals surface area contributed by atoms with Gasteiger partial charge < -0.3 is 4.90 Å². The first-order valence-electron chi connectivity index (χ1n) is 10.8. The van der Waals surface area contributed by atoms with Crippen molar-refractivity contribution in [2.24, 2.45) is 5.92 Å². The fourth-order valence-corrected chi connectivity index (χ4v) is 5.12. The summed E-state index contributed by atoms with van der Waals surface area (Å²) >= 11 is 0. The van der Waals surface area contributed by atoms with E-state index in [4.69, 9.17) is 0 Å². The fraction of sp³-hybridized carbons (Fsp3) is 0.571. The minimum absolute atomic E-state index is 0.121. The van der Waals surface area contributed by atoms with Crippen LogP contribution in [0.2, 0.25) is 0 Å². The Morgan fingerprint density at radius 3 is 2.57 bits per heavy atom. The van der Waals surface area contributed by atoms with E-state index in [-0.39, 0.29) is 16.7 Å². The summed E-state index contributed by atoms with van der Waals surface area (Å²) in [5, 5.41) is 7.42. The number of piperidine rings is 1. The largest absolute Gasteiger partial charge is 0.339 e. The molecule has 0 atom stereocenters. The van der Waals surface area contributed by atoms with Crippen molar-refractivity contribution in [3.8, 4) is 0 Å². The number of aromatic amines is 1. The molecule has 0 radical (unpaired) electrons. The number of H-pyrrole nitrogens is 1. The number of amides is 1. The van der Waals surface area contributed by atoms with Crippen molar-refractivity contribution in [3.05, 3.63) is 41.5 Å². The molecule has 5 rings (SSSR count). The Bertz CT molecular complexity index is 1030. The van der Waals surface area contributed by atoms with Gasteiger partial charge in [-0.1, -0.05) is 6.07 Å². The SMILES string of the molecule is O=C(c1cccc(S(=O)(=O)NCC2CC2)c1)N1CCC(c2nc(C3CC3)n[nH]2)CC1. The number of rotatable bonds is 7. The molecule has 2 N–H and O–H groups in total. The molecular formula is C21H27N5O3S. The topological polar surface area (TPSA) is 108 Å². The second-order valence-corrected chi connectivity index (χ2v) is 10.5. The van der Waals surface area contributed by atoms with E-state index in [1.165, 1.54) is 18.9 Å². The Balaban J connectivity index is 1.21. The number of hydrogen-bond acceptors (Lipinski definition) is 5. The lowest BCUT2D eigenvalue weighted by molar-refractivity contribution is 0.0711. The third-order valence-corrected chi connectivity index (χ3v) is 7.70. The highest BCUT2D eigenvalue weighted by Crippen LogP contribution is 2.38. The van der Waals surface area contributed by atoms with E-state index in [0.717, 1.165) is 37.3 Å². The Morgan fingerprint density at radius 2 is 1.87 bits per heavy atom. The van der Waals surface area contributed by atoms with Crippen LogP contribution in [0.3, 0.4) is 0 Å². The van der Waals surface area contributed by atoms with E-state index in [9.17, 15) is 13.2 Å². The molecule has 30 heavy (non-hydrogen) atoms. The van der Waals surface area contributed by atoms with Crippen molar-refractivity contribution in [3.63, 3.8) is 0 Å². The number of carbonyl (C=O) groups excluding carboxylic acids is 1. The van der Waals surface area contributed by atoms with Gasteiger partial charge in [-0.15, -0.1) is 0 Å². The summed E-state index contributed by atoms with van der Waals surface area (Å²) in [5.74, 6) is 3.00. The zero-order valence-electron chi connectivity index (χ0n) is 16.9. The third-order valence-electron chi connectivity index (χ3n) is 6.28. The van der Waals surface area contributed by atoms with Gasteiger partial charge in [-0.3, -0.25) is 9.89 Å². The second-order valence-electron chi connectivity index (χ2n) is 8.74.